The Hall–Kier alpha value is -0.830. The fraction of sp³-hybridized carbons (Fsp3) is 0.562. The van der Waals surface area contributed by atoms with E-state index in [1.54, 1.807) is 6.92 Å². The number of alkyl halides is 1. The molecular weight excluding hydrogens is 304 g/mol. The molecule has 19 heavy (non-hydrogen) atoms. The lowest BCUT2D eigenvalue weighted by Crippen LogP contribution is -1.98. The molecule has 0 aliphatic carbocycles. The summed E-state index contributed by atoms with van der Waals surface area (Å²) in [5, 5.41) is 1.12. The summed E-state index contributed by atoms with van der Waals surface area (Å²) in [5.41, 5.74) is 0.735. The minimum Gasteiger partial charge on any atom is -0.494 e. The van der Waals surface area contributed by atoms with E-state index in [0.717, 1.165) is 29.7 Å². The van der Waals surface area contributed by atoms with Gasteiger partial charge in [-0.25, -0.2) is 0 Å². The number of halogens is 1. The van der Waals surface area contributed by atoms with Gasteiger partial charge in [0.15, 0.2) is 5.78 Å². The number of hydrogen-bond donors (Lipinski definition) is 0. The molecule has 3 heteroatoms. The zero-order chi connectivity index (χ0) is 13.9. The van der Waals surface area contributed by atoms with E-state index in [2.05, 4.69) is 15.9 Å². The van der Waals surface area contributed by atoms with Crippen molar-refractivity contribution in [2.45, 2.75) is 45.4 Å². The van der Waals surface area contributed by atoms with Gasteiger partial charge in [-0.15, -0.1) is 0 Å². The first-order valence-electron chi connectivity index (χ1n) is 7.04. The molecule has 0 saturated carbocycles. The molecule has 0 amide bonds. The van der Waals surface area contributed by atoms with E-state index in [9.17, 15) is 4.79 Å². The van der Waals surface area contributed by atoms with Crippen molar-refractivity contribution < 1.29 is 9.53 Å². The first-order chi connectivity index (χ1) is 9.24. The quantitative estimate of drug-likeness (QED) is 0.343. The molecule has 1 aromatic rings. The molecule has 0 fully saturated rings. The third kappa shape index (κ3) is 7.36. The van der Waals surface area contributed by atoms with Crippen LogP contribution in [0.4, 0.5) is 0 Å². The molecule has 0 unspecified atom stereocenters. The van der Waals surface area contributed by atoms with Crippen molar-refractivity contribution in [2.24, 2.45) is 0 Å². The summed E-state index contributed by atoms with van der Waals surface area (Å²) >= 11 is 3.44. The average Bonchev–Trinajstić information content (AvgIpc) is 2.42. The van der Waals surface area contributed by atoms with Crippen molar-refractivity contribution >= 4 is 21.7 Å². The summed E-state index contributed by atoms with van der Waals surface area (Å²) in [6, 6.07) is 7.37. The van der Waals surface area contributed by atoms with Crippen LogP contribution in [-0.2, 0) is 0 Å². The Bertz CT molecular complexity index is 360. The van der Waals surface area contributed by atoms with Gasteiger partial charge in [-0.3, -0.25) is 4.79 Å². The van der Waals surface area contributed by atoms with Crippen molar-refractivity contribution in [1.82, 2.24) is 0 Å². The summed E-state index contributed by atoms with van der Waals surface area (Å²) in [4.78, 5) is 11.1. The Kier molecular flexibility index (Phi) is 8.55. The summed E-state index contributed by atoms with van der Waals surface area (Å²) in [6.07, 6.45) is 7.53. The van der Waals surface area contributed by atoms with E-state index >= 15 is 0 Å². The smallest absolute Gasteiger partial charge is 0.159 e. The standard InChI is InChI=1S/C16H23BrO2/c1-14(18)15-8-10-16(11-9-15)19-13-7-5-3-2-4-6-12-17/h8-11H,2-7,12-13H2,1H3. The van der Waals surface area contributed by atoms with Crippen molar-refractivity contribution in [3.8, 4) is 5.75 Å². The van der Waals surface area contributed by atoms with E-state index in [0.29, 0.717) is 0 Å². The van der Waals surface area contributed by atoms with E-state index in [4.69, 9.17) is 4.74 Å². The van der Waals surface area contributed by atoms with Gasteiger partial charge in [0.25, 0.3) is 0 Å². The monoisotopic (exact) mass is 326 g/mol. The SMILES string of the molecule is CC(=O)c1ccc(OCCCCCCCCBr)cc1. The minimum atomic E-state index is 0.0926. The number of ether oxygens (including phenoxy) is 1. The number of unbranched alkanes of at least 4 members (excludes halogenated alkanes) is 5. The maximum Gasteiger partial charge on any atom is 0.159 e. The highest BCUT2D eigenvalue weighted by molar-refractivity contribution is 9.09. The van der Waals surface area contributed by atoms with Gasteiger partial charge in [0.1, 0.15) is 5.75 Å². The number of ketones is 1. The summed E-state index contributed by atoms with van der Waals surface area (Å²) in [5.74, 6) is 0.944. The molecule has 0 N–H and O–H groups in total. The summed E-state index contributed by atoms with van der Waals surface area (Å²) < 4.78 is 5.65. The van der Waals surface area contributed by atoms with Gasteiger partial charge in [0, 0.05) is 10.9 Å². The van der Waals surface area contributed by atoms with Gasteiger partial charge in [-0.2, -0.15) is 0 Å². The number of Topliss-reactive ketones (excluding diaryl/α,β-unsaturated/α-hetero) is 1. The topological polar surface area (TPSA) is 26.3 Å². The molecule has 0 atom stereocenters. The van der Waals surface area contributed by atoms with Crippen LogP contribution < -0.4 is 4.74 Å². The van der Waals surface area contributed by atoms with E-state index < -0.39 is 0 Å². The Labute approximate surface area is 124 Å². The Morgan fingerprint density at radius 1 is 1.00 bits per heavy atom. The van der Waals surface area contributed by atoms with Gasteiger partial charge in [-0.1, -0.05) is 41.6 Å². The predicted molar refractivity (Wildman–Crippen MR) is 83.4 cm³/mol. The fourth-order valence-corrected chi connectivity index (χ4v) is 2.28. The molecule has 1 rings (SSSR count). The van der Waals surface area contributed by atoms with E-state index in [1.807, 2.05) is 24.3 Å². The largest absolute Gasteiger partial charge is 0.494 e. The lowest BCUT2D eigenvalue weighted by atomic mass is 10.1. The third-order valence-corrected chi connectivity index (χ3v) is 3.62. The van der Waals surface area contributed by atoms with Crippen molar-refractivity contribution in [2.75, 3.05) is 11.9 Å². The first kappa shape index (κ1) is 16.2. The molecule has 0 spiro atoms. The Morgan fingerprint density at radius 3 is 2.16 bits per heavy atom. The highest BCUT2D eigenvalue weighted by Gasteiger charge is 1.99. The lowest BCUT2D eigenvalue weighted by molar-refractivity contribution is 0.101. The molecule has 0 aliphatic heterocycles. The first-order valence-corrected chi connectivity index (χ1v) is 8.16. The molecule has 0 bridgehead atoms. The number of hydrogen-bond acceptors (Lipinski definition) is 2. The van der Waals surface area contributed by atoms with Crippen LogP contribution in [-0.4, -0.2) is 17.7 Å². The second kappa shape index (κ2) is 10.0. The van der Waals surface area contributed by atoms with Crippen LogP contribution >= 0.6 is 15.9 Å². The van der Waals surface area contributed by atoms with Crippen molar-refractivity contribution in [1.29, 1.82) is 0 Å². The lowest BCUT2D eigenvalue weighted by Gasteiger charge is -2.06. The fourth-order valence-electron chi connectivity index (χ4n) is 1.88. The zero-order valence-corrected chi connectivity index (χ0v) is 13.2. The molecule has 1 aromatic carbocycles. The summed E-state index contributed by atoms with van der Waals surface area (Å²) in [7, 11) is 0. The van der Waals surface area contributed by atoms with Crippen LogP contribution in [0.5, 0.6) is 5.75 Å². The average molecular weight is 327 g/mol. The van der Waals surface area contributed by atoms with Crippen LogP contribution in [0, 0.1) is 0 Å². The highest BCUT2D eigenvalue weighted by atomic mass is 79.9. The van der Waals surface area contributed by atoms with Crippen LogP contribution in [0.2, 0.25) is 0 Å². The predicted octanol–water partition coefficient (Wildman–Crippen LogP) is 5.00. The number of rotatable bonds is 10. The second-order valence-corrected chi connectivity index (χ2v) is 5.53. The summed E-state index contributed by atoms with van der Waals surface area (Å²) in [6.45, 7) is 2.34. The van der Waals surface area contributed by atoms with Crippen molar-refractivity contribution in [3.63, 3.8) is 0 Å². The van der Waals surface area contributed by atoms with Gasteiger partial charge in [0.05, 0.1) is 6.61 Å². The molecular formula is C16H23BrO2. The molecule has 106 valence electrons. The normalized spacial score (nSPS) is 10.4. The van der Waals surface area contributed by atoms with Crippen LogP contribution in [0.3, 0.4) is 0 Å². The second-order valence-electron chi connectivity index (χ2n) is 4.74. The van der Waals surface area contributed by atoms with Crippen LogP contribution in [0.15, 0.2) is 24.3 Å². The maximum absolute atomic E-state index is 11.1. The van der Waals surface area contributed by atoms with Gasteiger partial charge >= 0.3 is 0 Å². The molecule has 2 nitrogen and oxygen atoms in total. The Balaban J connectivity index is 2.07. The van der Waals surface area contributed by atoms with Gasteiger partial charge < -0.3 is 4.74 Å². The third-order valence-electron chi connectivity index (χ3n) is 3.06. The molecule has 0 heterocycles. The van der Waals surface area contributed by atoms with E-state index in [1.165, 1.54) is 32.1 Å². The van der Waals surface area contributed by atoms with Gasteiger partial charge in [-0.05, 0) is 44.0 Å². The maximum atomic E-state index is 11.1. The molecule has 0 saturated heterocycles. The zero-order valence-electron chi connectivity index (χ0n) is 11.7. The Morgan fingerprint density at radius 2 is 1.58 bits per heavy atom. The molecule has 0 aliphatic rings. The van der Waals surface area contributed by atoms with E-state index in [-0.39, 0.29) is 5.78 Å². The molecule has 0 aromatic heterocycles. The van der Waals surface area contributed by atoms with Crippen LogP contribution in [0.1, 0.15) is 55.8 Å². The highest BCUT2D eigenvalue weighted by Crippen LogP contribution is 2.13. The van der Waals surface area contributed by atoms with Crippen LogP contribution in [0.25, 0.3) is 0 Å². The van der Waals surface area contributed by atoms with Gasteiger partial charge in [0.2, 0.25) is 0 Å². The number of carbonyl (C=O) groups excluding carboxylic acids is 1. The van der Waals surface area contributed by atoms with Crippen molar-refractivity contribution in [3.05, 3.63) is 29.8 Å². The minimum absolute atomic E-state index is 0.0926. The number of benzene rings is 1. The molecule has 0 radical (unpaired) electrons. The number of carbonyl (C=O) groups is 1.